The predicted molar refractivity (Wildman–Crippen MR) is 118 cm³/mol. The van der Waals surface area contributed by atoms with Gasteiger partial charge in [0.1, 0.15) is 11.6 Å². The molecule has 0 spiro atoms. The predicted octanol–water partition coefficient (Wildman–Crippen LogP) is 3.86. The number of fused-ring (bicyclic) bond motifs is 1. The lowest BCUT2D eigenvalue weighted by atomic mass is 9.98. The Morgan fingerprint density at radius 3 is 2.70 bits per heavy atom. The van der Waals surface area contributed by atoms with Crippen molar-refractivity contribution in [1.82, 2.24) is 14.9 Å². The number of aromatic nitrogens is 2. The molecule has 1 aromatic carbocycles. The van der Waals surface area contributed by atoms with Gasteiger partial charge in [-0.05, 0) is 63.1 Å². The highest BCUT2D eigenvalue weighted by atomic mass is 16.5. The summed E-state index contributed by atoms with van der Waals surface area (Å²) in [6.07, 6.45) is 6.53. The van der Waals surface area contributed by atoms with Crippen LogP contribution in [-0.4, -0.2) is 48.0 Å². The molecule has 2 aliphatic rings. The Morgan fingerprint density at radius 2 is 1.93 bits per heavy atom. The van der Waals surface area contributed by atoms with E-state index in [0.717, 1.165) is 80.3 Å². The summed E-state index contributed by atoms with van der Waals surface area (Å²) in [7, 11) is 3.77. The van der Waals surface area contributed by atoms with Crippen molar-refractivity contribution in [3.8, 4) is 5.75 Å². The first-order chi connectivity index (χ1) is 14.6. The van der Waals surface area contributed by atoms with Gasteiger partial charge in [0.05, 0.1) is 13.2 Å². The third kappa shape index (κ3) is 4.27. The van der Waals surface area contributed by atoms with Crippen LogP contribution in [0.3, 0.4) is 0 Å². The summed E-state index contributed by atoms with van der Waals surface area (Å²) >= 11 is 0. The molecule has 6 heteroatoms. The van der Waals surface area contributed by atoms with Gasteiger partial charge in [0.25, 0.3) is 0 Å². The Bertz CT molecular complexity index is 897. The third-order valence-electron chi connectivity index (χ3n) is 6.40. The molecular formula is C24H32N4O2. The van der Waals surface area contributed by atoms with E-state index in [9.17, 15) is 4.79 Å². The molecule has 0 unspecified atom stereocenters. The average Bonchev–Trinajstić information content (AvgIpc) is 2.78. The summed E-state index contributed by atoms with van der Waals surface area (Å²) in [6.45, 7) is 3.90. The van der Waals surface area contributed by atoms with Gasteiger partial charge in [-0.2, -0.15) is 0 Å². The number of nitrogens with zero attached hydrogens (tertiary/aromatic N) is 4. The van der Waals surface area contributed by atoms with Gasteiger partial charge < -0.3 is 14.5 Å². The molecule has 1 amide bonds. The fraction of sp³-hybridized carbons (Fsp3) is 0.542. The SMILES string of the molecule is COc1ccc(CCC(=O)N2CCCC[C@@H]2c2nc(C)c3c(n2)N(C)CCC3)cc1. The molecule has 0 aliphatic carbocycles. The van der Waals surface area contributed by atoms with Gasteiger partial charge in [-0.15, -0.1) is 0 Å². The number of amides is 1. The number of methoxy groups -OCH3 is 1. The van der Waals surface area contributed by atoms with Gasteiger partial charge in [-0.3, -0.25) is 4.79 Å². The summed E-state index contributed by atoms with van der Waals surface area (Å²) in [6, 6.07) is 7.95. The molecular weight excluding hydrogens is 376 g/mol. The molecule has 0 saturated carbocycles. The van der Waals surface area contributed by atoms with Crippen molar-refractivity contribution in [1.29, 1.82) is 0 Å². The van der Waals surface area contributed by atoms with Gasteiger partial charge in [-0.25, -0.2) is 9.97 Å². The Morgan fingerprint density at radius 1 is 1.13 bits per heavy atom. The van der Waals surface area contributed by atoms with Crippen molar-refractivity contribution in [2.75, 3.05) is 32.1 Å². The zero-order chi connectivity index (χ0) is 21.1. The normalized spacial score (nSPS) is 18.8. The van der Waals surface area contributed by atoms with Crippen molar-refractivity contribution in [3.05, 3.63) is 46.9 Å². The highest BCUT2D eigenvalue weighted by Crippen LogP contribution is 2.33. The quantitative estimate of drug-likeness (QED) is 0.752. The van der Waals surface area contributed by atoms with Crippen LogP contribution in [0.4, 0.5) is 5.82 Å². The van der Waals surface area contributed by atoms with Crippen molar-refractivity contribution in [3.63, 3.8) is 0 Å². The number of aryl methyl sites for hydroxylation is 2. The monoisotopic (exact) mass is 408 g/mol. The number of carbonyl (C=O) groups is 1. The lowest BCUT2D eigenvalue weighted by molar-refractivity contribution is -0.135. The van der Waals surface area contributed by atoms with Crippen LogP contribution in [0.5, 0.6) is 5.75 Å². The van der Waals surface area contributed by atoms with Crippen LogP contribution in [0.15, 0.2) is 24.3 Å². The first kappa shape index (κ1) is 20.6. The maximum atomic E-state index is 13.2. The molecule has 1 fully saturated rings. The number of hydrogen-bond donors (Lipinski definition) is 0. The first-order valence-electron chi connectivity index (χ1n) is 11.1. The van der Waals surface area contributed by atoms with Gasteiger partial charge in [0, 0.05) is 37.8 Å². The van der Waals surface area contributed by atoms with E-state index in [1.54, 1.807) is 7.11 Å². The highest BCUT2D eigenvalue weighted by molar-refractivity contribution is 5.77. The molecule has 0 N–H and O–H groups in total. The van der Waals surface area contributed by atoms with Gasteiger partial charge in [0.15, 0.2) is 5.82 Å². The molecule has 2 aliphatic heterocycles. The van der Waals surface area contributed by atoms with Crippen LogP contribution < -0.4 is 9.64 Å². The zero-order valence-corrected chi connectivity index (χ0v) is 18.4. The molecule has 30 heavy (non-hydrogen) atoms. The number of hydrogen-bond acceptors (Lipinski definition) is 5. The number of anilines is 1. The molecule has 4 rings (SSSR count). The molecule has 6 nitrogen and oxygen atoms in total. The number of piperidine rings is 1. The molecule has 1 atom stereocenters. The standard InChI is InChI=1S/C24H32N4O2/c1-17-20-7-6-15-27(2)24(20)26-23(25-17)21-8-4-5-16-28(21)22(29)14-11-18-9-12-19(30-3)13-10-18/h9-10,12-13,21H,4-8,11,14-16H2,1-3H3/t21-/m1/s1. The second-order valence-electron chi connectivity index (χ2n) is 8.44. The van der Waals surface area contributed by atoms with Crippen molar-refractivity contribution in [2.24, 2.45) is 0 Å². The fourth-order valence-electron chi connectivity index (χ4n) is 4.64. The van der Waals surface area contributed by atoms with Crippen LogP contribution >= 0.6 is 0 Å². The van der Waals surface area contributed by atoms with E-state index in [4.69, 9.17) is 14.7 Å². The van der Waals surface area contributed by atoms with Crippen LogP contribution in [0.25, 0.3) is 0 Å². The molecule has 2 aromatic rings. The van der Waals surface area contributed by atoms with E-state index < -0.39 is 0 Å². The molecule has 160 valence electrons. The lowest BCUT2D eigenvalue weighted by Crippen LogP contribution is -2.40. The number of carbonyl (C=O) groups excluding carboxylic acids is 1. The van der Waals surface area contributed by atoms with Crippen molar-refractivity contribution < 1.29 is 9.53 Å². The summed E-state index contributed by atoms with van der Waals surface area (Å²) in [5, 5.41) is 0. The maximum absolute atomic E-state index is 13.2. The summed E-state index contributed by atoms with van der Waals surface area (Å²) in [5.41, 5.74) is 3.48. The Labute approximate surface area is 179 Å². The minimum absolute atomic E-state index is 0.0126. The molecule has 0 radical (unpaired) electrons. The number of ether oxygens (including phenoxy) is 1. The minimum atomic E-state index is -0.0126. The minimum Gasteiger partial charge on any atom is -0.497 e. The van der Waals surface area contributed by atoms with Gasteiger partial charge in [0.2, 0.25) is 5.91 Å². The van der Waals surface area contributed by atoms with Gasteiger partial charge >= 0.3 is 0 Å². The molecule has 0 bridgehead atoms. The smallest absolute Gasteiger partial charge is 0.223 e. The van der Waals surface area contributed by atoms with Crippen LogP contribution in [0.1, 0.15) is 60.8 Å². The largest absolute Gasteiger partial charge is 0.497 e. The summed E-state index contributed by atoms with van der Waals surface area (Å²) < 4.78 is 5.22. The Balaban J connectivity index is 1.50. The number of rotatable bonds is 5. The van der Waals surface area contributed by atoms with E-state index in [1.165, 1.54) is 5.56 Å². The average molecular weight is 409 g/mol. The molecule has 3 heterocycles. The number of likely N-dealkylation sites (tertiary alicyclic amines) is 1. The van der Waals surface area contributed by atoms with E-state index >= 15 is 0 Å². The third-order valence-corrected chi connectivity index (χ3v) is 6.40. The van der Waals surface area contributed by atoms with E-state index in [0.29, 0.717) is 6.42 Å². The maximum Gasteiger partial charge on any atom is 0.223 e. The van der Waals surface area contributed by atoms with Gasteiger partial charge in [-0.1, -0.05) is 12.1 Å². The highest BCUT2D eigenvalue weighted by Gasteiger charge is 2.31. The van der Waals surface area contributed by atoms with E-state index in [2.05, 4.69) is 18.9 Å². The summed E-state index contributed by atoms with van der Waals surface area (Å²) in [4.78, 5) is 27.2. The Kier molecular flexibility index (Phi) is 6.21. The summed E-state index contributed by atoms with van der Waals surface area (Å²) in [5.74, 6) is 2.91. The second-order valence-corrected chi connectivity index (χ2v) is 8.44. The topological polar surface area (TPSA) is 58.6 Å². The first-order valence-corrected chi connectivity index (χ1v) is 11.1. The van der Waals surface area contributed by atoms with E-state index in [1.807, 2.05) is 29.2 Å². The van der Waals surface area contributed by atoms with E-state index in [-0.39, 0.29) is 11.9 Å². The van der Waals surface area contributed by atoms with Crippen molar-refractivity contribution >= 4 is 11.7 Å². The Hall–Kier alpha value is -2.63. The van der Waals surface area contributed by atoms with Crippen LogP contribution in [0.2, 0.25) is 0 Å². The zero-order valence-electron chi connectivity index (χ0n) is 18.4. The fourth-order valence-corrected chi connectivity index (χ4v) is 4.64. The molecule has 1 saturated heterocycles. The second kappa shape index (κ2) is 9.02. The number of benzene rings is 1. The lowest BCUT2D eigenvalue weighted by Gasteiger charge is -2.36. The van der Waals surface area contributed by atoms with Crippen LogP contribution in [-0.2, 0) is 17.6 Å². The van der Waals surface area contributed by atoms with Crippen molar-refractivity contribution in [2.45, 2.75) is 57.9 Å². The van der Waals surface area contributed by atoms with Crippen LogP contribution in [0, 0.1) is 6.92 Å². The molecule has 1 aromatic heterocycles.